The number of hydrogen-bond acceptors (Lipinski definition) is 2. The highest BCUT2D eigenvalue weighted by Crippen LogP contribution is 2.18. The maximum atomic E-state index is 6.19. The molecule has 2 aromatic rings. The smallest absolute Gasteiger partial charge is 0.119 e. The van der Waals surface area contributed by atoms with Crippen LogP contribution in [-0.4, -0.2) is 6.61 Å². The Kier molecular flexibility index (Phi) is 4.23. The highest BCUT2D eigenvalue weighted by atomic mass is 16.5. The second-order valence-corrected chi connectivity index (χ2v) is 5.16. The molecular formula is C17H21NO. The van der Waals surface area contributed by atoms with Gasteiger partial charge in [0.25, 0.3) is 0 Å². The molecule has 0 heterocycles. The highest BCUT2D eigenvalue weighted by molar-refractivity contribution is 5.31. The molecule has 100 valence electrons. The molecular weight excluding hydrogens is 234 g/mol. The fourth-order valence-corrected chi connectivity index (χ4v) is 2.21. The Morgan fingerprint density at radius 3 is 2.26 bits per heavy atom. The van der Waals surface area contributed by atoms with Gasteiger partial charge < -0.3 is 10.5 Å². The van der Waals surface area contributed by atoms with E-state index in [4.69, 9.17) is 10.5 Å². The summed E-state index contributed by atoms with van der Waals surface area (Å²) in [6.45, 7) is 6.72. The second kappa shape index (κ2) is 5.89. The van der Waals surface area contributed by atoms with E-state index in [1.807, 2.05) is 18.2 Å². The fourth-order valence-electron chi connectivity index (χ4n) is 2.21. The summed E-state index contributed by atoms with van der Waals surface area (Å²) in [6, 6.07) is 14.3. The van der Waals surface area contributed by atoms with Crippen LogP contribution in [0.5, 0.6) is 5.75 Å². The topological polar surface area (TPSA) is 35.2 Å². The van der Waals surface area contributed by atoms with E-state index in [1.54, 1.807) is 0 Å². The van der Waals surface area contributed by atoms with Crippen molar-refractivity contribution in [1.29, 1.82) is 0 Å². The molecule has 0 spiro atoms. The van der Waals surface area contributed by atoms with E-state index in [1.165, 1.54) is 16.7 Å². The Balaban J connectivity index is 2.03. The molecule has 0 aliphatic rings. The summed E-state index contributed by atoms with van der Waals surface area (Å²) >= 11 is 0. The van der Waals surface area contributed by atoms with Crippen molar-refractivity contribution in [2.45, 2.75) is 26.8 Å². The summed E-state index contributed by atoms with van der Waals surface area (Å²) < 4.78 is 5.76. The third-order valence-corrected chi connectivity index (χ3v) is 3.09. The molecule has 2 N–H and O–H groups in total. The molecule has 1 atom stereocenters. The molecule has 0 saturated heterocycles. The Morgan fingerprint density at radius 2 is 1.63 bits per heavy atom. The lowest BCUT2D eigenvalue weighted by atomic mass is 10.0. The molecule has 0 radical (unpaired) electrons. The van der Waals surface area contributed by atoms with E-state index in [9.17, 15) is 0 Å². The first-order valence-electron chi connectivity index (χ1n) is 6.58. The average molecular weight is 255 g/mol. The van der Waals surface area contributed by atoms with Crippen LogP contribution in [-0.2, 0) is 0 Å². The number of ether oxygens (including phenoxy) is 1. The van der Waals surface area contributed by atoms with Gasteiger partial charge in [-0.15, -0.1) is 0 Å². The van der Waals surface area contributed by atoms with Crippen molar-refractivity contribution in [3.63, 3.8) is 0 Å². The molecule has 0 aromatic heterocycles. The van der Waals surface area contributed by atoms with Crippen molar-refractivity contribution in [1.82, 2.24) is 0 Å². The SMILES string of the molecule is Cc1cccc(OCC(N)c2cc(C)cc(C)c2)c1. The normalized spacial score (nSPS) is 12.2. The zero-order chi connectivity index (χ0) is 13.8. The summed E-state index contributed by atoms with van der Waals surface area (Å²) in [5.41, 5.74) is 11.0. The van der Waals surface area contributed by atoms with Crippen LogP contribution in [0.1, 0.15) is 28.3 Å². The predicted molar refractivity (Wildman–Crippen MR) is 79.5 cm³/mol. The molecule has 0 aliphatic heterocycles. The summed E-state index contributed by atoms with van der Waals surface area (Å²) in [5.74, 6) is 0.875. The van der Waals surface area contributed by atoms with E-state index < -0.39 is 0 Å². The zero-order valence-corrected chi connectivity index (χ0v) is 11.8. The standard InChI is InChI=1S/C17H21NO/c1-12-5-4-6-16(10-12)19-11-17(18)15-8-13(2)7-14(3)9-15/h4-10,17H,11,18H2,1-3H3. The lowest BCUT2D eigenvalue weighted by Gasteiger charge is -2.15. The molecule has 1 unspecified atom stereocenters. The highest BCUT2D eigenvalue weighted by Gasteiger charge is 2.08. The van der Waals surface area contributed by atoms with E-state index in [0.29, 0.717) is 6.61 Å². The number of benzene rings is 2. The minimum absolute atomic E-state index is 0.0980. The van der Waals surface area contributed by atoms with Crippen LogP contribution in [0.2, 0.25) is 0 Å². The van der Waals surface area contributed by atoms with E-state index in [0.717, 1.165) is 11.3 Å². The van der Waals surface area contributed by atoms with Gasteiger partial charge in [-0.25, -0.2) is 0 Å². The van der Waals surface area contributed by atoms with E-state index >= 15 is 0 Å². The van der Waals surface area contributed by atoms with Gasteiger partial charge in [-0.1, -0.05) is 41.5 Å². The Morgan fingerprint density at radius 1 is 0.947 bits per heavy atom. The maximum absolute atomic E-state index is 6.19. The average Bonchev–Trinajstić information content (AvgIpc) is 2.35. The summed E-state index contributed by atoms with van der Waals surface area (Å²) in [7, 11) is 0. The first-order valence-corrected chi connectivity index (χ1v) is 6.58. The van der Waals surface area contributed by atoms with Crippen LogP contribution in [0.4, 0.5) is 0 Å². The van der Waals surface area contributed by atoms with Crippen LogP contribution in [0.3, 0.4) is 0 Å². The summed E-state index contributed by atoms with van der Waals surface area (Å²) in [6.07, 6.45) is 0. The first kappa shape index (κ1) is 13.6. The van der Waals surface area contributed by atoms with Gasteiger partial charge in [-0.05, 0) is 44.0 Å². The molecule has 2 nitrogen and oxygen atoms in total. The van der Waals surface area contributed by atoms with Gasteiger partial charge in [0.2, 0.25) is 0 Å². The van der Waals surface area contributed by atoms with Crippen LogP contribution < -0.4 is 10.5 Å². The van der Waals surface area contributed by atoms with Gasteiger partial charge in [0.05, 0.1) is 6.04 Å². The molecule has 0 bridgehead atoms. The molecule has 19 heavy (non-hydrogen) atoms. The first-order chi connectivity index (χ1) is 9.04. The molecule has 2 heteroatoms. The number of rotatable bonds is 4. The van der Waals surface area contributed by atoms with Crippen molar-refractivity contribution in [3.8, 4) is 5.75 Å². The Labute approximate surface area is 115 Å². The Bertz CT molecular complexity index is 543. The van der Waals surface area contributed by atoms with Gasteiger partial charge in [-0.2, -0.15) is 0 Å². The predicted octanol–water partition coefficient (Wildman–Crippen LogP) is 3.69. The summed E-state index contributed by atoms with van der Waals surface area (Å²) in [4.78, 5) is 0. The van der Waals surface area contributed by atoms with Gasteiger partial charge in [0, 0.05) is 0 Å². The molecule has 0 saturated carbocycles. The van der Waals surface area contributed by atoms with Gasteiger partial charge in [0.15, 0.2) is 0 Å². The summed E-state index contributed by atoms with van der Waals surface area (Å²) in [5, 5.41) is 0. The van der Waals surface area contributed by atoms with E-state index in [-0.39, 0.29) is 6.04 Å². The Hall–Kier alpha value is -1.80. The molecule has 0 fully saturated rings. The van der Waals surface area contributed by atoms with Gasteiger partial charge in [0.1, 0.15) is 12.4 Å². The van der Waals surface area contributed by atoms with Crippen molar-refractivity contribution in [2.75, 3.05) is 6.61 Å². The number of hydrogen-bond donors (Lipinski definition) is 1. The van der Waals surface area contributed by atoms with Crippen LogP contribution in [0, 0.1) is 20.8 Å². The van der Waals surface area contributed by atoms with Crippen molar-refractivity contribution in [3.05, 3.63) is 64.7 Å². The quantitative estimate of drug-likeness (QED) is 0.904. The van der Waals surface area contributed by atoms with Gasteiger partial charge in [-0.3, -0.25) is 0 Å². The third-order valence-electron chi connectivity index (χ3n) is 3.09. The number of aryl methyl sites for hydroxylation is 3. The minimum Gasteiger partial charge on any atom is -0.492 e. The van der Waals surface area contributed by atoms with Crippen molar-refractivity contribution < 1.29 is 4.74 Å². The largest absolute Gasteiger partial charge is 0.492 e. The molecule has 0 aliphatic carbocycles. The lowest BCUT2D eigenvalue weighted by Crippen LogP contribution is -2.19. The fraction of sp³-hybridized carbons (Fsp3) is 0.294. The number of nitrogens with two attached hydrogens (primary N) is 1. The van der Waals surface area contributed by atoms with E-state index in [2.05, 4.69) is 45.0 Å². The zero-order valence-electron chi connectivity index (χ0n) is 11.8. The molecule has 2 aromatic carbocycles. The lowest BCUT2D eigenvalue weighted by molar-refractivity contribution is 0.290. The minimum atomic E-state index is -0.0980. The third kappa shape index (κ3) is 3.83. The van der Waals surface area contributed by atoms with Crippen molar-refractivity contribution >= 4 is 0 Å². The van der Waals surface area contributed by atoms with Crippen LogP contribution >= 0.6 is 0 Å². The van der Waals surface area contributed by atoms with Crippen molar-refractivity contribution in [2.24, 2.45) is 5.73 Å². The second-order valence-electron chi connectivity index (χ2n) is 5.16. The monoisotopic (exact) mass is 255 g/mol. The van der Waals surface area contributed by atoms with Crippen LogP contribution in [0.25, 0.3) is 0 Å². The molecule has 0 amide bonds. The van der Waals surface area contributed by atoms with Crippen LogP contribution in [0.15, 0.2) is 42.5 Å². The molecule has 2 rings (SSSR count). The maximum Gasteiger partial charge on any atom is 0.119 e. The van der Waals surface area contributed by atoms with Gasteiger partial charge >= 0.3 is 0 Å².